The van der Waals surface area contributed by atoms with Gasteiger partial charge in [0.05, 0.1) is 11.5 Å². The van der Waals surface area contributed by atoms with Gasteiger partial charge in [0.2, 0.25) is 0 Å². The predicted molar refractivity (Wildman–Crippen MR) is 74.1 cm³/mol. The smallest absolute Gasteiger partial charge is 0.274 e. The summed E-state index contributed by atoms with van der Waals surface area (Å²) < 4.78 is 23.5. The summed E-state index contributed by atoms with van der Waals surface area (Å²) in [6.45, 7) is 3.59. The van der Waals surface area contributed by atoms with E-state index in [1.54, 1.807) is 4.90 Å². The summed E-state index contributed by atoms with van der Waals surface area (Å²) in [7, 11) is -3.09. The van der Waals surface area contributed by atoms with Crippen LogP contribution in [0, 0.1) is 5.92 Å². The van der Waals surface area contributed by atoms with E-state index in [0.29, 0.717) is 23.6 Å². The van der Waals surface area contributed by atoms with Gasteiger partial charge in [0, 0.05) is 30.8 Å². The number of piperidine rings is 1. The zero-order valence-corrected chi connectivity index (χ0v) is 12.4. The summed E-state index contributed by atoms with van der Waals surface area (Å²) in [6.07, 6.45) is 2.56. The van der Waals surface area contributed by atoms with Crippen LogP contribution in [-0.4, -0.2) is 48.3 Å². The van der Waals surface area contributed by atoms with Crippen LogP contribution in [0.25, 0.3) is 0 Å². The first-order chi connectivity index (χ1) is 9.46. The summed E-state index contributed by atoms with van der Waals surface area (Å²) in [5.74, 6) is 0.428. The second-order valence-electron chi connectivity index (χ2n) is 5.87. The highest BCUT2D eigenvalue weighted by Gasteiger charge is 2.31. The van der Waals surface area contributed by atoms with Gasteiger partial charge in [-0.2, -0.15) is 5.10 Å². The third-order valence-electron chi connectivity index (χ3n) is 4.13. The van der Waals surface area contributed by atoms with Gasteiger partial charge in [-0.1, -0.05) is 6.92 Å². The summed E-state index contributed by atoms with van der Waals surface area (Å²) in [6, 6.07) is 0. The van der Waals surface area contributed by atoms with Crippen LogP contribution in [-0.2, 0) is 22.0 Å². The number of amides is 1. The fraction of sp³-hybridized carbons (Fsp3) is 0.692. The van der Waals surface area contributed by atoms with Gasteiger partial charge < -0.3 is 4.90 Å². The van der Waals surface area contributed by atoms with E-state index in [1.807, 2.05) is 0 Å². The molecule has 0 aromatic carbocycles. The van der Waals surface area contributed by atoms with E-state index in [-0.39, 0.29) is 17.4 Å². The molecule has 20 heavy (non-hydrogen) atoms. The molecule has 1 atom stereocenters. The van der Waals surface area contributed by atoms with Crippen LogP contribution in [0.5, 0.6) is 0 Å². The van der Waals surface area contributed by atoms with Gasteiger partial charge in [0.25, 0.3) is 5.91 Å². The molecule has 1 amide bonds. The molecule has 3 rings (SSSR count). The molecule has 6 nitrogen and oxygen atoms in total. The van der Waals surface area contributed by atoms with Crippen LogP contribution in [0.15, 0.2) is 0 Å². The average molecular weight is 297 g/mol. The van der Waals surface area contributed by atoms with Crippen molar-refractivity contribution in [2.24, 2.45) is 5.92 Å². The number of carbonyl (C=O) groups is 1. The van der Waals surface area contributed by atoms with Crippen molar-refractivity contribution < 1.29 is 13.2 Å². The maximum absolute atomic E-state index is 12.5. The lowest BCUT2D eigenvalue weighted by molar-refractivity contribution is 0.0676. The van der Waals surface area contributed by atoms with Crippen LogP contribution >= 0.6 is 0 Å². The van der Waals surface area contributed by atoms with Gasteiger partial charge in [-0.05, 0) is 18.8 Å². The highest BCUT2D eigenvalue weighted by Crippen LogP contribution is 2.24. The Balaban J connectivity index is 1.88. The van der Waals surface area contributed by atoms with Crippen LogP contribution in [0.3, 0.4) is 0 Å². The van der Waals surface area contributed by atoms with Gasteiger partial charge in [-0.25, -0.2) is 8.42 Å². The van der Waals surface area contributed by atoms with E-state index in [9.17, 15) is 13.2 Å². The van der Waals surface area contributed by atoms with Crippen LogP contribution in [0.2, 0.25) is 0 Å². The number of likely N-dealkylation sites (tertiary alicyclic amines) is 1. The molecule has 3 heterocycles. The van der Waals surface area contributed by atoms with Crippen molar-refractivity contribution in [3.63, 3.8) is 0 Å². The van der Waals surface area contributed by atoms with E-state index >= 15 is 0 Å². The molecule has 0 unspecified atom stereocenters. The normalized spacial score (nSPS) is 25.2. The quantitative estimate of drug-likeness (QED) is 0.829. The summed E-state index contributed by atoms with van der Waals surface area (Å²) in [5.41, 5.74) is 1.69. The predicted octanol–water partition coefficient (Wildman–Crippen LogP) is 0.753. The summed E-state index contributed by atoms with van der Waals surface area (Å²) in [5, 5.41) is 6.92. The minimum Gasteiger partial charge on any atom is -0.337 e. The second-order valence-corrected chi connectivity index (χ2v) is 8.05. The van der Waals surface area contributed by atoms with Crippen molar-refractivity contribution in [2.45, 2.75) is 31.9 Å². The first-order valence-electron chi connectivity index (χ1n) is 7.02. The number of nitrogens with zero attached hydrogens (tertiary/aromatic N) is 2. The summed E-state index contributed by atoms with van der Waals surface area (Å²) >= 11 is 0. The lowest BCUT2D eigenvalue weighted by Gasteiger charge is -2.30. The van der Waals surface area contributed by atoms with E-state index in [4.69, 9.17) is 0 Å². The standard InChI is InChI=1S/C13H19N3O3S/c1-9-3-2-5-16(7-9)13(17)12-10-8-20(18,19)6-4-11(10)14-15-12/h9H,2-8H2,1H3,(H,14,15)/t9-/m0/s1. The second kappa shape index (κ2) is 4.87. The number of sulfone groups is 1. The Kier molecular flexibility index (Phi) is 3.32. The Morgan fingerprint density at radius 1 is 1.45 bits per heavy atom. The molecule has 1 aromatic rings. The first kappa shape index (κ1) is 13.6. The maximum Gasteiger partial charge on any atom is 0.274 e. The van der Waals surface area contributed by atoms with Crippen molar-refractivity contribution in [3.05, 3.63) is 17.0 Å². The van der Waals surface area contributed by atoms with E-state index in [1.165, 1.54) is 0 Å². The number of aromatic amines is 1. The average Bonchev–Trinajstić information content (AvgIpc) is 2.79. The Bertz CT molecular complexity index is 635. The van der Waals surface area contributed by atoms with Crippen LogP contribution in [0.4, 0.5) is 0 Å². The number of carbonyl (C=O) groups excluding carboxylic acids is 1. The molecule has 0 bridgehead atoms. The first-order valence-corrected chi connectivity index (χ1v) is 8.84. The molecule has 0 radical (unpaired) electrons. The number of hydrogen-bond donors (Lipinski definition) is 1. The minimum absolute atomic E-state index is 0.0662. The Morgan fingerprint density at radius 3 is 3.00 bits per heavy atom. The van der Waals surface area contributed by atoms with Gasteiger partial charge in [0.15, 0.2) is 15.5 Å². The van der Waals surface area contributed by atoms with Crippen LogP contribution in [0.1, 0.15) is 41.5 Å². The van der Waals surface area contributed by atoms with Crippen molar-refractivity contribution in [2.75, 3.05) is 18.8 Å². The topological polar surface area (TPSA) is 83.1 Å². The molecule has 1 aromatic heterocycles. The third-order valence-corrected chi connectivity index (χ3v) is 5.68. The summed E-state index contributed by atoms with van der Waals surface area (Å²) in [4.78, 5) is 14.3. The van der Waals surface area contributed by atoms with Crippen molar-refractivity contribution in [1.29, 1.82) is 0 Å². The molecule has 1 N–H and O–H groups in total. The third kappa shape index (κ3) is 2.46. The Morgan fingerprint density at radius 2 is 2.25 bits per heavy atom. The number of H-pyrrole nitrogens is 1. The molecule has 0 aliphatic carbocycles. The van der Waals surface area contributed by atoms with Crippen molar-refractivity contribution in [3.8, 4) is 0 Å². The van der Waals surface area contributed by atoms with Gasteiger partial charge in [0.1, 0.15) is 0 Å². The molecule has 7 heteroatoms. The molecule has 0 spiro atoms. The van der Waals surface area contributed by atoms with Crippen molar-refractivity contribution in [1.82, 2.24) is 15.1 Å². The number of nitrogens with one attached hydrogen (secondary N) is 1. The SMILES string of the molecule is C[C@H]1CCCN(C(=O)c2n[nH]c3c2CS(=O)(=O)CC3)C1. The lowest BCUT2D eigenvalue weighted by Crippen LogP contribution is -2.39. The fourth-order valence-electron chi connectivity index (χ4n) is 3.01. The Hall–Kier alpha value is -1.37. The molecule has 110 valence electrons. The fourth-order valence-corrected chi connectivity index (χ4v) is 4.42. The van der Waals surface area contributed by atoms with E-state index in [0.717, 1.165) is 31.6 Å². The maximum atomic E-state index is 12.5. The van der Waals surface area contributed by atoms with E-state index < -0.39 is 9.84 Å². The molecule has 1 fully saturated rings. The highest BCUT2D eigenvalue weighted by molar-refractivity contribution is 7.90. The van der Waals surface area contributed by atoms with Gasteiger partial charge in [-0.15, -0.1) is 0 Å². The molecule has 2 aliphatic rings. The molecule has 2 aliphatic heterocycles. The lowest BCUT2D eigenvalue weighted by atomic mass is 9.99. The van der Waals surface area contributed by atoms with E-state index in [2.05, 4.69) is 17.1 Å². The number of aryl methyl sites for hydroxylation is 1. The highest BCUT2D eigenvalue weighted by atomic mass is 32.2. The molecule has 1 saturated heterocycles. The number of aromatic nitrogens is 2. The number of fused-ring (bicyclic) bond motifs is 1. The zero-order valence-electron chi connectivity index (χ0n) is 11.6. The minimum atomic E-state index is -3.09. The number of hydrogen-bond acceptors (Lipinski definition) is 4. The van der Waals surface area contributed by atoms with Gasteiger partial charge in [-0.3, -0.25) is 9.89 Å². The van der Waals surface area contributed by atoms with Gasteiger partial charge >= 0.3 is 0 Å². The largest absolute Gasteiger partial charge is 0.337 e. The molecular formula is C13H19N3O3S. The number of rotatable bonds is 1. The zero-order chi connectivity index (χ0) is 14.3. The Labute approximate surface area is 118 Å². The van der Waals surface area contributed by atoms with Crippen LogP contribution < -0.4 is 0 Å². The molecule has 0 saturated carbocycles. The monoisotopic (exact) mass is 297 g/mol. The van der Waals surface area contributed by atoms with Crippen molar-refractivity contribution >= 4 is 15.7 Å². The molecular weight excluding hydrogens is 278 g/mol.